The molecule has 2 rings (SSSR count). The summed E-state index contributed by atoms with van der Waals surface area (Å²) in [6.45, 7) is 4.60. The van der Waals surface area contributed by atoms with Crippen LogP contribution in [0.1, 0.15) is 45.4 Å². The normalized spacial score (nSPS) is 15.0. The third-order valence-corrected chi connectivity index (χ3v) is 4.42. The molecule has 2 amide bonds. The number of nitrogens with zero attached hydrogens (tertiary/aromatic N) is 1. The van der Waals surface area contributed by atoms with Crippen LogP contribution < -0.4 is 21.3 Å². The van der Waals surface area contributed by atoms with Gasteiger partial charge in [0.05, 0.1) is 0 Å². The van der Waals surface area contributed by atoms with Crippen molar-refractivity contribution in [1.29, 1.82) is 0 Å². The Morgan fingerprint density at radius 2 is 2.04 bits per heavy atom. The lowest BCUT2D eigenvalue weighted by Crippen LogP contribution is -2.43. The molecule has 1 aromatic rings. The van der Waals surface area contributed by atoms with E-state index < -0.39 is 6.04 Å². The second-order valence-electron chi connectivity index (χ2n) is 6.53. The number of hydrogen-bond donors (Lipinski definition) is 3. The molecule has 4 N–H and O–H groups in total. The number of carbonyl (C=O) groups is 2. The van der Waals surface area contributed by atoms with Crippen LogP contribution in [0.4, 0.5) is 11.4 Å². The van der Waals surface area contributed by atoms with Crippen molar-refractivity contribution < 1.29 is 9.59 Å². The van der Waals surface area contributed by atoms with Gasteiger partial charge in [0.2, 0.25) is 11.8 Å². The molecule has 0 bridgehead atoms. The molecule has 1 aliphatic heterocycles. The second-order valence-corrected chi connectivity index (χ2v) is 6.53. The fourth-order valence-corrected chi connectivity index (χ4v) is 3.07. The minimum absolute atomic E-state index is 0.120. The molecular formula is C19H30N4O2. The molecule has 25 heavy (non-hydrogen) atoms. The number of hydrogen-bond acceptors (Lipinski definition) is 4. The van der Waals surface area contributed by atoms with Crippen LogP contribution in [0.3, 0.4) is 0 Å². The molecule has 1 saturated heterocycles. The number of benzene rings is 1. The van der Waals surface area contributed by atoms with Gasteiger partial charge in [-0.3, -0.25) is 9.59 Å². The average Bonchev–Trinajstić information content (AvgIpc) is 3.14. The molecule has 0 spiro atoms. The van der Waals surface area contributed by atoms with E-state index in [9.17, 15) is 9.59 Å². The van der Waals surface area contributed by atoms with Crippen LogP contribution >= 0.6 is 0 Å². The second kappa shape index (κ2) is 10.0. The Labute approximate surface area is 150 Å². The molecule has 0 radical (unpaired) electrons. The van der Waals surface area contributed by atoms with Crippen molar-refractivity contribution in [2.45, 2.75) is 51.5 Å². The molecule has 1 fully saturated rings. The highest BCUT2D eigenvalue weighted by atomic mass is 16.2. The largest absolute Gasteiger partial charge is 0.371 e. The molecule has 1 aliphatic rings. The highest BCUT2D eigenvalue weighted by Crippen LogP contribution is 2.23. The van der Waals surface area contributed by atoms with Gasteiger partial charge in [-0.05, 0) is 50.4 Å². The molecule has 0 aromatic heterocycles. The number of rotatable bonds is 9. The fraction of sp³-hybridized carbons (Fsp3) is 0.579. The lowest BCUT2D eigenvalue weighted by atomic mass is 10.1. The van der Waals surface area contributed by atoms with Gasteiger partial charge in [-0.2, -0.15) is 0 Å². The quantitative estimate of drug-likeness (QED) is 0.640. The Balaban J connectivity index is 1.97. The summed E-state index contributed by atoms with van der Waals surface area (Å²) in [5.74, 6) is -0.286. The molecule has 6 nitrogen and oxygen atoms in total. The Hall–Kier alpha value is -2.08. The Bertz CT molecular complexity index is 570. The predicted octanol–water partition coefficient (Wildman–Crippen LogP) is 2.25. The van der Waals surface area contributed by atoms with Crippen LogP contribution in [0.2, 0.25) is 0 Å². The van der Waals surface area contributed by atoms with Crippen molar-refractivity contribution in [2.75, 3.05) is 29.9 Å². The smallest absolute Gasteiger partial charge is 0.246 e. The number of anilines is 2. The fourth-order valence-electron chi connectivity index (χ4n) is 3.07. The summed E-state index contributed by atoms with van der Waals surface area (Å²) >= 11 is 0. The van der Waals surface area contributed by atoms with Crippen molar-refractivity contribution in [3.8, 4) is 0 Å². The minimum atomic E-state index is -0.509. The Morgan fingerprint density at radius 1 is 1.28 bits per heavy atom. The molecule has 6 heteroatoms. The highest BCUT2D eigenvalue weighted by Gasteiger charge is 2.20. The number of nitrogens with two attached hydrogens (primary N) is 1. The van der Waals surface area contributed by atoms with Crippen LogP contribution in [-0.2, 0) is 9.59 Å². The van der Waals surface area contributed by atoms with Gasteiger partial charge in [0, 0.05) is 30.9 Å². The van der Waals surface area contributed by atoms with Crippen LogP contribution in [0, 0.1) is 0 Å². The van der Waals surface area contributed by atoms with Gasteiger partial charge in [-0.1, -0.05) is 19.4 Å². The van der Waals surface area contributed by atoms with Crippen molar-refractivity contribution in [3.05, 3.63) is 24.3 Å². The Morgan fingerprint density at radius 3 is 2.72 bits per heavy atom. The van der Waals surface area contributed by atoms with Gasteiger partial charge < -0.3 is 21.3 Å². The van der Waals surface area contributed by atoms with E-state index in [4.69, 9.17) is 5.73 Å². The summed E-state index contributed by atoms with van der Waals surface area (Å²) in [7, 11) is 0. The SMILES string of the molecule is CCCC(NC(=O)CCCN)C(=O)Nc1cccc(N2CCCC2)c1. The molecule has 0 aliphatic carbocycles. The van der Waals surface area contributed by atoms with E-state index >= 15 is 0 Å². The van der Waals surface area contributed by atoms with Crippen molar-refractivity contribution in [2.24, 2.45) is 5.73 Å². The van der Waals surface area contributed by atoms with Crippen molar-refractivity contribution >= 4 is 23.2 Å². The minimum Gasteiger partial charge on any atom is -0.371 e. The maximum absolute atomic E-state index is 12.6. The van der Waals surface area contributed by atoms with Gasteiger partial charge >= 0.3 is 0 Å². The van der Waals surface area contributed by atoms with E-state index in [1.807, 2.05) is 25.1 Å². The van der Waals surface area contributed by atoms with E-state index in [-0.39, 0.29) is 11.8 Å². The third kappa shape index (κ3) is 6.05. The first-order valence-electron chi connectivity index (χ1n) is 9.29. The maximum Gasteiger partial charge on any atom is 0.246 e. The van der Waals surface area contributed by atoms with Crippen LogP contribution in [-0.4, -0.2) is 37.5 Å². The van der Waals surface area contributed by atoms with Crippen molar-refractivity contribution in [3.63, 3.8) is 0 Å². The van der Waals surface area contributed by atoms with E-state index in [0.29, 0.717) is 25.8 Å². The first-order chi connectivity index (χ1) is 12.1. The molecule has 1 aromatic carbocycles. The average molecular weight is 346 g/mol. The van der Waals surface area contributed by atoms with Crippen LogP contribution in [0.15, 0.2) is 24.3 Å². The molecule has 1 heterocycles. The zero-order valence-corrected chi connectivity index (χ0v) is 15.1. The predicted molar refractivity (Wildman–Crippen MR) is 102 cm³/mol. The standard InChI is InChI=1S/C19H30N4O2/c1-2-7-17(22-18(24)10-6-11-20)19(25)21-15-8-5-9-16(14-15)23-12-3-4-13-23/h5,8-9,14,17H,2-4,6-7,10-13,20H2,1H3,(H,21,25)(H,22,24). The summed E-state index contributed by atoms with van der Waals surface area (Å²) in [4.78, 5) is 26.8. The van der Waals surface area contributed by atoms with E-state index in [1.165, 1.54) is 12.8 Å². The molecule has 138 valence electrons. The lowest BCUT2D eigenvalue weighted by molar-refractivity contribution is -0.126. The Kier molecular flexibility index (Phi) is 7.73. The summed E-state index contributed by atoms with van der Waals surface area (Å²) in [5.41, 5.74) is 7.33. The first-order valence-corrected chi connectivity index (χ1v) is 9.29. The van der Waals surface area contributed by atoms with Crippen LogP contribution in [0.5, 0.6) is 0 Å². The number of amides is 2. The summed E-state index contributed by atoms with van der Waals surface area (Å²) < 4.78 is 0. The zero-order valence-electron chi connectivity index (χ0n) is 15.1. The third-order valence-electron chi connectivity index (χ3n) is 4.42. The highest BCUT2D eigenvalue weighted by molar-refractivity contribution is 5.97. The summed E-state index contributed by atoms with van der Waals surface area (Å²) in [6.07, 6.45) is 4.85. The molecular weight excluding hydrogens is 316 g/mol. The topological polar surface area (TPSA) is 87.5 Å². The summed E-state index contributed by atoms with van der Waals surface area (Å²) in [5, 5.41) is 5.77. The van der Waals surface area contributed by atoms with Gasteiger partial charge in [-0.15, -0.1) is 0 Å². The number of carbonyl (C=O) groups excluding carboxylic acids is 2. The first kappa shape index (κ1) is 19.2. The van der Waals surface area contributed by atoms with Crippen molar-refractivity contribution in [1.82, 2.24) is 5.32 Å². The van der Waals surface area contributed by atoms with E-state index in [2.05, 4.69) is 21.6 Å². The van der Waals surface area contributed by atoms with Gasteiger partial charge in [0.15, 0.2) is 0 Å². The number of nitrogens with one attached hydrogen (secondary N) is 2. The van der Waals surface area contributed by atoms with E-state index in [1.54, 1.807) is 0 Å². The lowest BCUT2D eigenvalue weighted by Gasteiger charge is -2.20. The summed E-state index contributed by atoms with van der Waals surface area (Å²) in [6, 6.07) is 7.40. The maximum atomic E-state index is 12.6. The monoisotopic (exact) mass is 346 g/mol. The van der Waals surface area contributed by atoms with Gasteiger partial charge in [-0.25, -0.2) is 0 Å². The van der Waals surface area contributed by atoms with E-state index in [0.717, 1.165) is 30.9 Å². The molecule has 1 unspecified atom stereocenters. The zero-order chi connectivity index (χ0) is 18.1. The van der Waals surface area contributed by atoms with Gasteiger partial charge in [0.1, 0.15) is 6.04 Å². The molecule has 1 atom stereocenters. The van der Waals surface area contributed by atoms with Crippen LogP contribution in [0.25, 0.3) is 0 Å². The van der Waals surface area contributed by atoms with Gasteiger partial charge in [0.25, 0.3) is 0 Å². The molecule has 0 saturated carbocycles.